The van der Waals surface area contributed by atoms with Crippen LogP contribution in [0, 0.1) is 21.4 Å². The van der Waals surface area contributed by atoms with Gasteiger partial charge in [0.15, 0.2) is 10.1 Å². The predicted octanol–water partition coefficient (Wildman–Crippen LogP) is 3.10. The van der Waals surface area contributed by atoms with E-state index in [0.717, 1.165) is 4.70 Å². The van der Waals surface area contributed by atoms with Gasteiger partial charge in [-0.25, -0.2) is 15.2 Å². The van der Waals surface area contributed by atoms with Crippen molar-refractivity contribution in [1.29, 1.82) is 5.26 Å². The summed E-state index contributed by atoms with van der Waals surface area (Å²) < 4.78 is 0.769. The monoisotopic (exact) mass is 413 g/mol. The van der Waals surface area contributed by atoms with Crippen LogP contribution in [0.1, 0.15) is 5.01 Å². The summed E-state index contributed by atoms with van der Waals surface area (Å²) in [6, 6.07) is 12.2. The third-order valence-electron chi connectivity index (χ3n) is 3.35. The first-order valence-electron chi connectivity index (χ1n) is 7.64. The number of thiazole rings is 1. The zero-order chi connectivity index (χ0) is 20.1. The summed E-state index contributed by atoms with van der Waals surface area (Å²) in [5, 5.41) is 25.4. The smallest absolute Gasteiger partial charge is 0.331 e. The summed E-state index contributed by atoms with van der Waals surface area (Å²) >= 11 is 6.26. The number of carbonyl (C=O) groups excluding carboxylic acids is 1. The minimum atomic E-state index is -0.576. The van der Waals surface area contributed by atoms with E-state index in [1.54, 1.807) is 24.3 Å². The van der Waals surface area contributed by atoms with Gasteiger partial charge in [0.05, 0.1) is 15.1 Å². The molecule has 2 aromatic carbocycles. The van der Waals surface area contributed by atoms with Gasteiger partial charge in [0.25, 0.3) is 5.69 Å². The molecule has 1 heterocycles. The highest BCUT2D eigenvalue weighted by Crippen LogP contribution is 2.24. The van der Waals surface area contributed by atoms with Crippen molar-refractivity contribution in [3.8, 4) is 6.07 Å². The molecule has 0 aliphatic rings. The van der Waals surface area contributed by atoms with Crippen LogP contribution in [0.15, 0.2) is 42.5 Å². The average Bonchev–Trinajstić information content (AvgIpc) is 3.09. The highest BCUT2D eigenvalue weighted by atomic mass is 32.1. The second-order valence-electron chi connectivity index (χ2n) is 5.28. The van der Waals surface area contributed by atoms with Gasteiger partial charge in [0, 0.05) is 23.5 Å². The number of nitrogens with zero attached hydrogens (tertiary/aromatic N) is 3. The molecular formula is C16H11N7O3S2. The fourth-order valence-corrected chi connectivity index (χ4v) is 3.16. The number of thiocarbonyl (C=S) groups is 1. The molecular weight excluding hydrogens is 402 g/mol. The molecule has 3 aromatic rings. The number of rotatable bonds is 3. The number of nitriles is 1. The molecule has 0 saturated carbocycles. The Bertz CT molecular complexity index is 1120. The van der Waals surface area contributed by atoms with Crippen LogP contribution in [0.2, 0.25) is 0 Å². The lowest BCUT2D eigenvalue weighted by molar-refractivity contribution is -0.384. The molecule has 2 amide bonds. The molecule has 0 unspecified atom stereocenters. The summed E-state index contributed by atoms with van der Waals surface area (Å²) in [6.07, 6.45) is 0. The van der Waals surface area contributed by atoms with E-state index in [0.29, 0.717) is 21.9 Å². The van der Waals surface area contributed by atoms with Gasteiger partial charge in [-0.1, -0.05) is 6.07 Å². The first-order valence-corrected chi connectivity index (χ1v) is 8.86. The predicted molar refractivity (Wildman–Crippen MR) is 109 cm³/mol. The second-order valence-corrected chi connectivity index (χ2v) is 6.72. The zero-order valence-corrected chi connectivity index (χ0v) is 15.6. The molecule has 0 fully saturated rings. The Labute approximate surface area is 167 Å². The van der Waals surface area contributed by atoms with Gasteiger partial charge in [0.1, 0.15) is 6.07 Å². The van der Waals surface area contributed by atoms with Crippen molar-refractivity contribution in [3.63, 3.8) is 0 Å². The lowest BCUT2D eigenvalue weighted by Gasteiger charge is -2.12. The summed E-state index contributed by atoms with van der Waals surface area (Å²) in [5.74, 6) is 0. The lowest BCUT2D eigenvalue weighted by Crippen LogP contribution is -2.45. The van der Waals surface area contributed by atoms with Gasteiger partial charge in [-0.05, 0) is 36.5 Å². The summed E-state index contributed by atoms with van der Waals surface area (Å²) in [4.78, 5) is 26.4. The van der Waals surface area contributed by atoms with Crippen molar-refractivity contribution >= 4 is 62.0 Å². The molecule has 0 radical (unpaired) electrons. The average molecular weight is 413 g/mol. The third kappa shape index (κ3) is 4.67. The maximum atomic E-state index is 12.0. The van der Waals surface area contributed by atoms with E-state index in [-0.39, 0.29) is 10.8 Å². The molecule has 10 nitrogen and oxygen atoms in total. The van der Waals surface area contributed by atoms with Crippen LogP contribution in [0.25, 0.3) is 10.2 Å². The molecule has 0 saturated heterocycles. The quantitative estimate of drug-likeness (QED) is 0.291. The van der Waals surface area contributed by atoms with Crippen LogP contribution < -0.4 is 21.5 Å². The van der Waals surface area contributed by atoms with Crippen LogP contribution in [0.3, 0.4) is 0 Å². The maximum absolute atomic E-state index is 12.0. The molecule has 140 valence electrons. The van der Waals surface area contributed by atoms with Gasteiger partial charge in [-0.2, -0.15) is 5.26 Å². The van der Waals surface area contributed by atoms with Gasteiger partial charge < -0.3 is 10.6 Å². The number of nitro groups is 1. The fourth-order valence-electron chi connectivity index (χ4n) is 2.19. The van der Waals surface area contributed by atoms with Crippen molar-refractivity contribution in [2.75, 3.05) is 10.6 Å². The Kier molecular flexibility index (Phi) is 5.58. The van der Waals surface area contributed by atoms with Crippen molar-refractivity contribution in [2.45, 2.75) is 0 Å². The number of hydrazine groups is 1. The van der Waals surface area contributed by atoms with Crippen LogP contribution in [-0.2, 0) is 0 Å². The van der Waals surface area contributed by atoms with Gasteiger partial charge >= 0.3 is 6.03 Å². The number of benzene rings is 2. The van der Waals surface area contributed by atoms with Crippen molar-refractivity contribution in [1.82, 2.24) is 15.8 Å². The van der Waals surface area contributed by atoms with Crippen molar-refractivity contribution in [2.24, 2.45) is 0 Å². The molecule has 0 bridgehead atoms. The minimum Gasteiger partial charge on any atom is -0.331 e. The number of carbonyl (C=O) groups is 1. The molecule has 0 aliphatic carbocycles. The van der Waals surface area contributed by atoms with E-state index in [4.69, 9.17) is 17.5 Å². The normalized spacial score (nSPS) is 9.96. The van der Waals surface area contributed by atoms with E-state index in [2.05, 4.69) is 26.5 Å². The molecule has 0 atom stereocenters. The van der Waals surface area contributed by atoms with Crippen LogP contribution in [-0.4, -0.2) is 21.1 Å². The molecule has 3 rings (SSSR count). The van der Waals surface area contributed by atoms with Crippen LogP contribution in [0.5, 0.6) is 0 Å². The second kappa shape index (κ2) is 8.25. The number of anilines is 2. The van der Waals surface area contributed by atoms with E-state index in [9.17, 15) is 14.9 Å². The molecule has 0 spiro atoms. The number of urea groups is 1. The van der Waals surface area contributed by atoms with Crippen molar-refractivity contribution < 1.29 is 9.72 Å². The fraction of sp³-hybridized carbons (Fsp3) is 0. The first kappa shape index (κ1) is 19.0. The number of nitrogens with one attached hydrogen (secondary N) is 4. The van der Waals surface area contributed by atoms with E-state index >= 15 is 0 Å². The molecule has 12 heteroatoms. The Hall–Kier alpha value is -3.82. The topological polar surface area (TPSA) is 145 Å². The highest BCUT2D eigenvalue weighted by molar-refractivity contribution is 7.80. The van der Waals surface area contributed by atoms with Crippen LogP contribution in [0.4, 0.5) is 21.9 Å². The number of hydrogen-bond acceptors (Lipinski definition) is 7. The molecule has 0 aliphatic heterocycles. The van der Waals surface area contributed by atoms with E-state index in [1.165, 1.54) is 29.5 Å². The largest absolute Gasteiger partial charge is 0.337 e. The van der Waals surface area contributed by atoms with E-state index in [1.807, 2.05) is 6.07 Å². The number of nitro benzene ring substituents is 1. The SMILES string of the molecule is N#Cc1nc2ccc(NC(=O)NNC(=S)Nc3cccc([N+](=O)[O-])c3)cc2s1. The minimum absolute atomic E-state index is 0.0484. The molecule has 4 N–H and O–H groups in total. The van der Waals surface area contributed by atoms with E-state index < -0.39 is 11.0 Å². The Balaban J connectivity index is 1.54. The summed E-state index contributed by atoms with van der Waals surface area (Å²) in [7, 11) is 0. The maximum Gasteiger partial charge on any atom is 0.337 e. The van der Waals surface area contributed by atoms with Gasteiger partial charge in [-0.15, -0.1) is 11.3 Å². The Morgan fingerprint density at radius 2 is 1.96 bits per heavy atom. The number of aromatic nitrogens is 1. The number of hydrogen-bond donors (Lipinski definition) is 4. The summed E-state index contributed by atoms with van der Waals surface area (Å²) in [6.45, 7) is 0. The zero-order valence-electron chi connectivity index (χ0n) is 13.9. The first-order chi connectivity index (χ1) is 13.4. The third-order valence-corrected chi connectivity index (χ3v) is 4.47. The number of fused-ring (bicyclic) bond motifs is 1. The lowest BCUT2D eigenvalue weighted by atomic mass is 10.3. The van der Waals surface area contributed by atoms with Gasteiger partial charge in [0.2, 0.25) is 0 Å². The molecule has 28 heavy (non-hydrogen) atoms. The summed E-state index contributed by atoms with van der Waals surface area (Å²) in [5.41, 5.74) is 6.34. The Morgan fingerprint density at radius 1 is 1.18 bits per heavy atom. The van der Waals surface area contributed by atoms with Gasteiger partial charge in [-0.3, -0.25) is 15.5 Å². The van der Waals surface area contributed by atoms with Crippen LogP contribution >= 0.6 is 23.6 Å². The standard InChI is InChI=1S/C16H11N7O3S2/c17-8-14-20-12-5-4-10(7-13(12)28-14)18-15(24)21-22-16(27)19-9-2-1-3-11(6-9)23(25)26/h1-7H,(H2,18,21,24)(H2,19,22,27). The van der Waals surface area contributed by atoms with Crippen molar-refractivity contribution in [3.05, 3.63) is 57.6 Å². The molecule has 1 aromatic heterocycles. The number of non-ortho nitro benzene ring substituents is 1. The Morgan fingerprint density at radius 3 is 2.71 bits per heavy atom. The number of amides is 2. The highest BCUT2D eigenvalue weighted by Gasteiger charge is 2.08.